The molecular formula is C42H27N5. The lowest BCUT2D eigenvalue weighted by atomic mass is 10.0. The van der Waals surface area contributed by atoms with Crippen molar-refractivity contribution in [2.75, 3.05) is 0 Å². The summed E-state index contributed by atoms with van der Waals surface area (Å²) in [5.74, 6) is 0.639. The smallest absolute Gasteiger partial charge is 0.237 e. The van der Waals surface area contributed by atoms with Gasteiger partial charge in [0.15, 0.2) is 5.65 Å². The Bertz CT molecular complexity index is 2730. The molecule has 5 heteroatoms. The van der Waals surface area contributed by atoms with E-state index in [9.17, 15) is 0 Å². The molecule has 0 aliphatic carbocycles. The lowest BCUT2D eigenvalue weighted by Gasteiger charge is -2.14. The molecule has 0 bridgehead atoms. The maximum absolute atomic E-state index is 5.50. The van der Waals surface area contributed by atoms with Crippen LogP contribution < -0.4 is 0 Å². The summed E-state index contributed by atoms with van der Waals surface area (Å²) in [5, 5.41) is 5.75. The lowest BCUT2D eigenvalue weighted by Crippen LogP contribution is -2.05. The number of benzene rings is 6. The van der Waals surface area contributed by atoms with Crippen LogP contribution in [0.25, 0.3) is 83.2 Å². The summed E-state index contributed by atoms with van der Waals surface area (Å²) in [4.78, 5) is 10.9. The monoisotopic (exact) mass is 601 g/mol. The molecule has 0 saturated carbocycles. The van der Waals surface area contributed by atoms with Crippen LogP contribution in [0, 0.1) is 0 Å². The van der Waals surface area contributed by atoms with Gasteiger partial charge in [0.1, 0.15) is 0 Å². The molecule has 4 aromatic heterocycles. The van der Waals surface area contributed by atoms with Gasteiger partial charge in [-0.1, -0.05) is 109 Å². The number of fused-ring (bicyclic) bond motifs is 7. The van der Waals surface area contributed by atoms with E-state index in [1.807, 2.05) is 6.07 Å². The van der Waals surface area contributed by atoms with Gasteiger partial charge in [0.25, 0.3) is 0 Å². The SMILES string of the molecule is c1ccc(-n2ccc3c(-c4cccc5c6ccccc6n(-c6ccccc6)c45)nc(-n4c5ccccc5c5ccccc54)nc32)cc1. The van der Waals surface area contributed by atoms with Crippen molar-refractivity contribution >= 4 is 54.6 Å². The van der Waals surface area contributed by atoms with Gasteiger partial charge in [0, 0.05) is 50.1 Å². The van der Waals surface area contributed by atoms with Gasteiger partial charge >= 0.3 is 0 Å². The normalized spacial score (nSPS) is 11.8. The molecule has 0 radical (unpaired) electrons. The third-order valence-corrected chi connectivity index (χ3v) is 9.31. The highest BCUT2D eigenvalue weighted by molar-refractivity contribution is 6.15. The zero-order valence-corrected chi connectivity index (χ0v) is 25.3. The summed E-state index contributed by atoms with van der Waals surface area (Å²) in [6, 6.07) is 55.5. The molecule has 0 saturated heterocycles. The Labute approximate surface area is 270 Å². The van der Waals surface area contributed by atoms with Crippen LogP contribution >= 0.6 is 0 Å². The van der Waals surface area contributed by atoms with Crippen molar-refractivity contribution < 1.29 is 0 Å². The van der Waals surface area contributed by atoms with Crippen LogP contribution in [0.15, 0.2) is 164 Å². The number of hydrogen-bond acceptors (Lipinski definition) is 2. The van der Waals surface area contributed by atoms with Crippen molar-refractivity contribution in [2.24, 2.45) is 0 Å². The molecule has 0 amide bonds. The first-order valence-corrected chi connectivity index (χ1v) is 15.9. The van der Waals surface area contributed by atoms with Crippen molar-refractivity contribution in [3.05, 3.63) is 164 Å². The van der Waals surface area contributed by atoms with E-state index in [1.165, 1.54) is 21.5 Å². The largest absolute Gasteiger partial charge is 0.309 e. The molecular weight excluding hydrogens is 574 g/mol. The van der Waals surface area contributed by atoms with Gasteiger partial charge in [-0.05, 0) is 48.5 Å². The summed E-state index contributed by atoms with van der Waals surface area (Å²) < 4.78 is 6.76. The van der Waals surface area contributed by atoms with Gasteiger partial charge in [-0.2, -0.15) is 4.98 Å². The Morgan fingerprint density at radius 2 is 0.915 bits per heavy atom. The van der Waals surface area contributed by atoms with Crippen molar-refractivity contribution in [2.45, 2.75) is 0 Å². The molecule has 0 unspecified atom stereocenters. The van der Waals surface area contributed by atoms with Gasteiger partial charge in [-0.25, -0.2) is 4.98 Å². The minimum Gasteiger partial charge on any atom is -0.309 e. The molecule has 220 valence electrons. The quantitative estimate of drug-likeness (QED) is 0.201. The third-order valence-electron chi connectivity index (χ3n) is 9.31. The maximum Gasteiger partial charge on any atom is 0.237 e. The average molecular weight is 602 g/mol. The molecule has 0 N–H and O–H groups in total. The van der Waals surface area contributed by atoms with Gasteiger partial charge in [-0.15, -0.1) is 0 Å². The van der Waals surface area contributed by atoms with Crippen LogP contribution in [0.1, 0.15) is 0 Å². The van der Waals surface area contributed by atoms with Crippen molar-refractivity contribution in [3.63, 3.8) is 0 Å². The molecule has 10 rings (SSSR count). The highest BCUT2D eigenvalue weighted by atomic mass is 15.2. The van der Waals surface area contributed by atoms with E-state index in [-0.39, 0.29) is 0 Å². The molecule has 0 atom stereocenters. The van der Waals surface area contributed by atoms with Crippen molar-refractivity contribution in [3.8, 4) is 28.6 Å². The van der Waals surface area contributed by atoms with E-state index in [4.69, 9.17) is 9.97 Å². The molecule has 5 nitrogen and oxygen atoms in total. The minimum atomic E-state index is 0.639. The minimum absolute atomic E-state index is 0.639. The standard InChI is InChI=1S/C42H27N5/c1-3-14-28(15-4-1)45-27-26-35-39(43-42(44-41(35)45)47-37-24-11-7-18-30(37)31-19-8-12-25-38(31)47)34-22-13-21-33-32-20-9-10-23-36(32)46(40(33)34)29-16-5-2-6-17-29/h1-27H. The molecule has 4 heterocycles. The third kappa shape index (κ3) is 3.77. The maximum atomic E-state index is 5.50. The number of nitrogens with zero attached hydrogens (tertiary/aromatic N) is 5. The highest BCUT2D eigenvalue weighted by Gasteiger charge is 2.22. The first-order chi connectivity index (χ1) is 23.3. The fourth-order valence-electron chi connectivity index (χ4n) is 7.30. The van der Waals surface area contributed by atoms with Gasteiger partial charge < -0.3 is 9.13 Å². The summed E-state index contributed by atoms with van der Waals surface area (Å²) in [6.45, 7) is 0. The lowest BCUT2D eigenvalue weighted by molar-refractivity contribution is 0.988. The second kappa shape index (κ2) is 10.0. The van der Waals surface area contributed by atoms with Crippen LogP contribution in [-0.2, 0) is 0 Å². The molecule has 47 heavy (non-hydrogen) atoms. The van der Waals surface area contributed by atoms with Crippen molar-refractivity contribution in [1.29, 1.82) is 0 Å². The average Bonchev–Trinajstić information content (AvgIpc) is 3.82. The first-order valence-electron chi connectivity index (χ1n) is 15.9. The Morgan fingerprint density at radius 1 is 0.383 bits per heavy atom. The van der Waals surface area contributed by atoms with Crippen LogP contribution in [0.2, 0.25) is 0 Å². The number of aromatic nitrogens is 5. The van der Waals surface area contributed by atoms with E-state index >= 15 is 0 Å². The summed E-state index contributed by atoms with van der Waals surface area (Å²) in [5.41, 5.74) is 9.42. The van der Waals surface area contributed by atoms with Gasteiger partial charge in [0.05, 0.1) is 27.8 Å². The van der Waals surface area contributed by atoms with Gasteiger partial charge in [-0.3, -0.25) is 4.57 Å². The van der Waals surface area contributed by atoms with E-state index in [0.29, 0.717) is 5.95 Å². The summed E-state index contributed by atoms with van der Waals surface area (Å²) in [6.07, 6.45) is 2.11. The topological polar surface area (TPSA) is 40.6 Å². The Kier molecular flexibility index (Phi) is 5.51. The van der Waals surface area contributed by atoms with E-state index in [0.717, 1.165) is 55.7 Å². The van der Waals surface area contributed by atoms with Gasteiger partial charge in [0.2, 0.25) is 5.95 Å². The van der Waals surface area contributed by atoms with E-state index < -0.39 is 0 Å². The van der Waals surface area contributed by atoms with E-state index in [1.54, 1.807) is 0 Å². The predicted octanol–water partition coefficient (Wildman–Crippen LogP) is 10.3. The fourth-order valence-corrected chi connectivity index (χ4v) is 7.30. The summed E-state index contributed by atoms with van der Waals surface area (Å²) >= 11 is 0. The highest BCUT2D eigenvalue weighted by Crippen LogP contribution is 2.40. The number of hydrogen-bond donors (Lipinski definition) is 0. The first kappa shape index (κ1) is 25.8. The zero-order valence-electron chi connectivity index (χ0n) is 25.3. The Hall–Kier alpha value is -6.46. The molecule has 0 spiro atoms. The predicted molar refractivity (Wildman–Crippen MR) is 193 cm³/mol. The number of rotatable bonds is 4. The molecule has 10 aromatic rings. The second-order valence-electron chi connectivity index (χ2n) is 11.9. The van der Waals surface area contributed by atoms with Crippen LogP contribution in [-0.4, -0.2) is 23.7 Å². The zero-order chi connectivity index (χ0) is 30.9. The number of para-hydroxylation sites is 6. The fraction of sp³-hybridized carbons (Fsp3) is 0. The van der Waals surface area contributed by atoms with Crippen LogP contribution in [0.4, 0.5) is 0 Å². The second-order valence-corrected chi connectivity index (χ2v) is 11.9. The molecule has 0 fully saturated rings. The molecule has 6 aromatic carbocycles. The Morgan fingerprint density at radius 3 is 1.57 bits per heavy atom. The van der Waals surface area contributed by atoms with Crippen LogP contribution in [0.3, 0.4) is 0 Å². The molecule has 0 aliphatic heterocycles. The molecule has 0 aliphatic rings. The van der Waals surface area contributed by atoms with Crippen molar-refractivity contribution in [1.82, 2.24) is 23.7 Å². The Balaban J connectivity index is 1.37. The van der Waals surface area contributed by atoms with E-state index in [2.05, 4.69) is 172 Å². The summed E-state index contributed by atoms with van der Waals surface area (Å²) in [7, 11) is 0. The van der Waals surface area contributed by atoms with Crippen LogP contribution in [0.5, 0.6) is 0 Å².